The second kappa shape index (κ2) is 7.64. The van der Waals surface area contributed by atoms with Crippen molar-refractivity contribution in [3.05, 3.63) is 54.4 Å². The molecule has 2 aromatic carbocycles. The smallest absolute Gasteiger partial charge is 0.231 e. The van der Waals surface area contributed by atoms with Crippen molar-refractivity contribution in [3.63, 3.8) is 0 Å². The van der Waals surface area contributed by atoms with Gasteiger partial charge >= 0.3 is 0 Å². The molecule has 4 rings (SSSR count). The molecule has 0 spiro atoms. The highest BCUT2D eigenvalue weighted by molar-refractivity contribution is 5.93. The fraction of sp³-hybridized carbons (Fsp3) is 0.238. The van der Waals surface area contributed by atoms with E-state index >= 15 is 0 Å². The van der Waals surface area contributed by atoms with E-state index in [1.807, 2.05) is 30.3 Å². The fourth-order valence-corrected chi connectivity index (χ4v) is 3.32. The summed E-state index contributed by atoms with van der Waals surface area (Å²) in [6, 6.07) is 11.2. The molecular formula is C21H21N3O4. The molecule has 1 atom stereocenters. The number of benzene rings is 2. The molecule has 7 heteroatoms. The van der Waals surface area contributed by atoms with Gasteiger partial charge in [-0.15, -0.1) is 0 Å². The first kappa shape index (κ1) is 17.9. The van der Waals surface area contributed by atoms with Crippen LogP contribution in [0, 0.1) is 5.92 Å². The molecule has 2 heterocycles. The molecule has 2 N–H and O–H groups in total. The van der Waals surface area contributed by atoms with Gasteiger partial charge in [-0.05, 0) is 42.3 Å². The number of anilines is 1. The Morgan fingerprint density at radius 2 is 2.11 bits per heavy atom. The highest BCUT2D eigenvalue weighted by atomic mass is 16.5. The zero-order valence-corrected chi connectivity index (χ0v) is 15.7. The van der Waals surface area contributed by atoms with Gasteiger partial charge in [-0.25, -0.2) is 0 Å². The van der Waals surface area contributed by atoms with Crippen molar-refractivity contribution >= 4 is 11.6 Å². The Labute approximate surface area is 162 Å². The summed E-state index contributed by atoms with van der Waals surface area (Å²) < 4.78 is 16.5. The molecule has 3 aromatic rings. The number of aromatic amines is 1. The van der Waals surface area contributed by atoms with Crippen LogP contribution in [-0.4, -0.2) is 36.9 Å². The first-order valence-electron chi connectivity index (χ1n) is 8.95. The quantitative estimate of drug-likeness (QED) is 0.711. The van der Waals surface area contributed by atoms with Crippen LogP contribution in [0.25, 0.3) is 11.1 Å². The Morgan fingerprint density at radius 1 is 1.21 bits per heavy atom. The van der Waals surface area contributed by atoms with Gasteiger partial charge in [-0.1, -0.05) is 0 Å². The van der Waals surface area contributed by atoms with E-state index in [0.29, 0.717) is 24.5 Å². The Kier molecular flexibility index (Phi) is 4.89. The molecule has 1 aromatic heterocycles. The summed E-state index contributed by atoms with van der Waals surface area (Å²) in [6.07, 6.45) is 4.12. The number of nitrogens with zero attached hydrogens (tertiary/aromatic N) is 1. The Morgan fingerprint density at radius 3 is 2.86 bits per heavy atom. The molecule has 7 nitrogen and oxygen atoms in total. The zero-order chi connectivity index (χ0) is 19.5. The van der Waals surface area contributed by atoms with E-state index in [-0.39, 0.29) is 11.8 Å². The maximum Gasteiger partial charge on any atom is 0.231 e. The minimum atomic E-state index is -0.279. The molecular weight excluding hydrogens is 358 g/mol. The molecule has 0 saturated carbocycles. The maximum absolute atomic E-state index is 12.8. The van der Waals surface area contributed by atoms with Gasteiger partial charge in [0.15, 0.2) is 0 Å². The van der Waals surface area contributed by atoms with Crippen LogP contribution in [0.15, 0.2) is 48.8 Å². The first-order chi connectivity index (χ1) is 13.7. The maximum atomic E-state index is 12.8. The van der Waals surface area contributed by atoms with Crippen molar-refractivity contribution in [3.8, 4) is 28.4 Å². The number of hydrogen-bond donors (Lipinski definition) is 2. The van der Waals surface area contributed by atoms with Crippen molar-refractivity contribution in [2.75, 3.05) is 26.1 Å². The number of aromatic nitrogens is 2. The van der Waals surface area contributed by atoms with Crippen LogP contribution in [0.2, 0.25) is 0 Å². The number of rotatable bonds is 5. The van der Waals surface area contributed by atoms with E-state index in [1.165, 1.54) is 0 Å². The van der Waals surface area contributed by atoms with Gasteiger partial charge in [0.2, 0.25) is 5.91 Å². The molecule has 1 amide bonds. The second-order valence-electron chi connectivity index (χ2n) is 6.58. The number of carbonyl (C=O) groups excluding carboxylic acids is 1. The van der Waals surface area contributed by atoms with Crippen LogP contribution in [-0.2, 0) is 11.2 Å². The monoisotopic (exact) mass is 379 g/mol. The predicted octanol–water partition coefficient (Wildman–Crippen LogP) is 3.28. The van der Waals surface area contributed by atoms with Gasteiger partial charge in [0, 0.05) is 29.1 Å². The largest absolute Gasteiger partial charge is 0.497 e. The summed E-state index contributed by atoms with van der Waals surface area (Å²) in [5.41, 5.74) is 3.46. The molecule has 1 aliphatic rings. The summed E-state index contributed by atoms with van der Waals surface area (Å²) in [6.45, 7) is 0.343. The molecule has 28 heavy (non-hydrogen) atoms. The molecule has 0 unspecified atom stereocenters. The van der Waals surface area contributed by atoms with E-state index in [0.717, 1.165) is 28.2 Å². The zero-order valence-electron chi connectivity index (χ0n) is 15.7. The lowest BCUT2D eigenvalue weighted by Gasteiger charge is -2.25. The van der Waals surface area contributed by atoms with Crippen molar-refractivity contribution in [2.24, 2.45) is 5.92 Å². The average Bonchev–Trinajstić information content (AvgIpc) is 3.27. The number of H-pyrrole nitrogens is 1. The van der Waals surface area contributed by atoms with E-state index in [1.54, 1.807) is 32.7 Å². The highest BCUT2D eigenvalue weighted by Gasteiger charge is 2.26. The third-order valence-electron chi connectivity index (χ3n) is 4.82. The van der Waals surface area contributed by atoms with Gasteiger partial charge in [0.1, 0.15) is 23.9 Å². The van der Waals surface area contributed by atoms with Crippen LogP contribution in [0.3, 0.4) is 0 Å². The Bertz CT molecular complexity index is 985. The van der Waals surface area contributed by atoms with Crippen LogP contribution in [0.5, 0.6) is 17.2 Å². The molecule has 0 radical (unpaired) electrons. The summed E-state index contributed by atoms with van der Waals surface area (Å²) in [7, 11) is 3.22. The molecule has 0 fully saturated rings. The third kappa shape index (κ3) is 3.51. The highest BCUT2D eigenvalue weighted by Crippen LogP contribution is 2.33. The minimum Gasteiger partial charge on any atom is -0.497 e. The van der Waals surface area contributed by atoms with Gasteiger partial charge in [0.25, 0.3) is 0 Å². The van der Waals surface area contributed by atoms with Crippen molar-refractivity contribution < 1.29 is 19.0 Å². The van der Waals surface area contributed by atoms with E-state index in [2.05, 4.69) is 15.5 Å². The van der Waals surface area contributed by atoms with Gasteiger partial charge in [0.05, 0.1) is 26.3 Å². The standard InChI is InChI=1S/C21H21N3O4/c1-26-17-4-6-19-13(8-17)7-14(12-28-19)21(25)24-16-3-5-18(20(9-16)27-2)15-10-22-23-11-15/h3-6,8-11,14H,7,12H2,1-2H3,(H,22,23)(H,24,25)/t14-/m0/s1. The SMILES string of the molecule is COc1ccc2c(c1)C[C@H](C(=O)Nc1ccc(-c3cn[nH]c3)c(OC)c1)CO2. The third-order valence-corrected chi connectivity index (χ3v) is 4.82. The van der Waals surface area contributed by atoms with E-state index in [9.17, 15) is 4.79 Å². The molecule has 0 aliphatic carbocycles. The van der Waals surface area contributed by atoms with Crippen LogP contribution in [0.4, 0.5) is 5.69 Å². The number of methoxy groups -OCH3 is 2. The number of amides is 1. The lowest BCUT2D eigenvalue weighted by Crippen LogP contribution is -2.32. The second-order valence-corrected chi connectivity index (χ2v) is 6.58. The first-order valence-corrected chi connectivity index (χ1v) is 8.95. The lowest BCUT2D eigenvalue weighted by molar-refractivity contribution is -0.121. The molecule has 1 aliphatic heterocycles. The number of carbonyl (C=O) groups is 1. The Hall–Kier alpha value is -3.48. The van der Waals surface area contributed by atoms with Gasteiger partial charge in [-0.3, -0.25) is 9.89 Å². The van der Waals surface area contributed by atoms with Crippen molar-refractivity contribution in [1.82, 2.24) is 10.2 Å². The summed E-state index contributed by atoms with van der Waals surface area (Å²) >= 11 is 0. The van der Waals surface area contributed by atoms with Crippen molar-refractivity contribution in [2.45, 2.75) is 6.42 Å². The van der Waals surface area contributed by atoms with Crippen LogP contribution < -0.4 is 19.5 Å². The predicted molar refractivity (Wildman–Crippen MR) is 105 cm³/mol. The van der Waals surface area contributed by atoms with Gasteiger partial charge < -0.3 is 19.5 Å². The van der Waals surface area contributed by atoms with E-state index < -0.39 is 0 Å². The fourth-order valence-electron chi connectivity index (χ4n) is 3.32. The minimum absolute atomic E-state index is 0.0911. The van der Waals surface area contributed by atoms with Gasteiger partial charge in [-0.2, -0.15) is 5.10 Å². The lowest BCUT2D eigenvalue weighted by atomic mass is 9.95. The number of nitrogens with one attached hydrogen (secondary N) is 2. The number of ether oxygens (including phenoxy) is 3. The average molecular weight is 379 g/mol. The molecule has 144 valence electrons. The summed E-state index contributed by atoms with van der Waals surface area (Å²) in [5, 5.41) is 9.72. The normalized spacial score (nSPS) is 15.3. The van der Waals surface area contributed by atoms with E-state index in [4.69, 9.17) is 14.2 Å². The number of fused-ring (bicyclic) bond motifs is 1. The topological polar surface area (TPSA) is 85.5 Å². The molecule has 0 bridgehead atoms. The molecule has 0 saturated heterocycles. The number of hydrogen-bond acceptors (Lipinski definition) is 5. The van der Waals surface area contributed by atoms with Crippen LogP contribution in [0.1, 0.15) is 5.56 Å². The van der Waals surface area contributed by atoms with Crippen LogP contribution >= 0.6 is 0 Å². The Balaban J connectivity index is 1.49. The summed E-state index contributed by atoms with van der Waals surface area (Å²) in [4.78, 5) is 12.8. The van der Waals surface area contributed by atoms with Crippen molar-refractivity contribution in [1.29, 1.82) is 0 Å². The summed E-state index contributed by atoms with van der Waals surface area (Å²) in [5.74, 6) is 1.85.